The fraction of sp³-hybridized carbons (Fsp3) is 0.323. The highest BCUT2D eigenvalue weighted by atomic mass is 32.2. The van der Waals surface area contributed by atoms with Crippen LogP contribution in [0.4, 0.5) is 10.5 Å². The van der Waals surface area contributed by atoms with Crippen molar-refractivity contribution >= 4 is 38.7 Å². The van der Waals surface area contributed by atoms with Gasteiger partial charge in [-0.05, 0) is 93.1 Å². The molecule has 0 fully saturated rings. The monoisotopic (exact) mass is 576 g/mol. The van der Waals surface area contributed by atoms with Crippen molar-refractivity contribution in [3.63, 3.8) is 0 Å². The van der Waals surface area contributed by atoms with Crippen LogP contribution in [0.3, 0.4) is 0 Å². The predicted octanol–water partition coefficient (Wildman–Crippen LogP) is 6.13. The lowest BCUT2D eigenvalue weighted by Gasteiger charge is -2.24. The Balaban J connectivity index is 1.59. The number of aromatic nitrogens is 2. The van der Waals surface area contributed by atoms with E-state index in [1.54, 1.807) is 69.4 Å². The van der Waals surface area contributed by atoms with Crippen LogP contribution in [0.25, 0.3) is 22.2 Å². The van der Waals surface area contributed by atoms with Crippen molar-refractivity contribution in [2.45, 2.75) is 64.5 Å². The van der Waals surface area contributed by atoms with Gasteiger partial charge in [0.1, 0.15) is 11.6 Å². The summed E-state index contributed by atoms with van der Waals surface area (Å²) in [6, 6.07) is 16.6. The maximum atomic E-state index is 13.3. The number of anilines is 1. The molecule has 0 bridgehead atoms. The van der Waals surface area contributed by atoms with Gasteiger partial charge in [-0.1, -0.05) is 38.1 Å². The van der Waals surface area contributed by atoms with Crippen LogP contribution in [-0.4, -0.2) is 41.0 Å². The number of hydrogen-bond donors (Lipinski definition) is 2. The minimum atomic E-state index is -3.82. The normalized spacial score (nSPS) is 12.8. The Morgan fingerprint density at radius 1 is 1.02 bits per heavy atom. The number of rotatable bonds is 8. The molecule has 0 saturated heterocycles. The smallest absolute Gasteiger partial charge is 0.408 e. The molecule has 0 radical (unpaired) electrons. The van der Waals surface area contributed by atoms with E-state index in [9.17, 15) is 18.0 Å². The van der Waals surface area contributed by atoms with Gasteiger partial charge in [0.05, 0.1) is 4.90 Å². The SMILES string of the molecule is Cc1cc(-c2ccnc3c2ccn3S(=O)(=O)c2ccccc2)ccc1NC(=O)[C@@H](CC(C)C)NC(=O)OC(C)(C)C. The molecular formula is C31H36N4O5S. The molecule has 41 heavy (non-hydrogen) atoms. The highest BCUT2D eigenvalue weighted by Gasteiger charge is 2.26. The number of carbonyl (C=O) groups excluding carboxylic acids is 2. The molecular weight excluding hydrogens is 540 g/mol. The Bertz CT molecular complexity index is 1670. The third kappa shape index (κ3) is 6.94. The van der Waals surface area contributed by atoms with E-state index in [2.05, 4.69) is 15.6 Å². The van der Waals surface area contributed by atoms with Gasteiger partial charge in [-0.15, -0.1) is 0 Å². The molecule has 2 aromatic heterocycles. The molecule has 2 heterocycles. The summed E-state index contributed by atoms with van der Waals surface area (Å²) in [5.74, 6) is -0.175. The van der Waals surface area contributed by atoms with Crippen LogP contribution < -0.4 is 10.6 Å². The Hall–Kier alpha value is -4.18. The summed E-state index contributed by atoms with van der Waals surface area (Å²) >= 11 is 0. The van der Waals surface area contributed by atoms with Crippen LogP contribution in [0.5, 0.6) is 0 Å². The van der Waals surface area contributed by atoms with Crippen molar-refractivity contribution in [2.24, 2.45) is 5.92 Å². The summed E-state index contributed by atoms with van der Waals surface area (Å²) in [6.45, 7) is 11.1. The zero-order valence-electron chi connectivity index (χ0n) is 24.1. The van der Waals surface area contributed by atoms with Gasteiger partial charge in [0.25, 0.3) is 10.0 Å². The first-order valence-corrected chi connectivity index (χ1v) is 14.9. The molecule has 0 spiro atoms. The van der Waals surface area contributed by atoms with Gasteiger partial charge in [-0.25, -0.2) is 22.2 Å². The number of fused-ring (bicyclic) bond motifs is 1. The number of ether oxygens (including phenoxy) is 1. The molecule has 1 atom stereocenters. The molecule has 216 valence electrons. The van der Waals surface area contributed by atoms with Gasteiger partial charge in [-0.3, -0.25) is 4.79 Å². The first-order chi connectivity index (χ1) is 19.3. The maximum Gasteiger partial charge on any atom is 0.408 e. The van der Waals surface area contributed by atoms with Gasteiger partial charge >= 0.3 is 6.09 Å². The predicted molar refractivity (Wildman–Crippen MR) is 160 cm³/mol. The third-order valence-corrected chi connectivity index (χ3v) is 8.04. The van der Waals surface area contributed by atoms with E-state index in [4.69, 9.17) is 4.74 Å². The summed E-state index contributed by atoms with van der Waals surface area (Å²) in [7, 11) is -3.82. The molecule has 0 saturated carbocycles. The van der Waals surface area contributed by atoms with Crippen molar-refractivity contribution in [1.82, 2.24) is 14.3 Å². The zero-order chi connectivity index (χ0) is 29.9. The van der Waals surface area contributed by atoms with Gasteiger partial charge in [0.2, 0.25) is 5.91 Å². The largest absolute Gasteiger partial charge is 0.444 e. The number of amides is 2. The molecule has 0 aliphatic heterocycles. The van der Waals surface area contributed by atoms with Crippen molar-refractivity contribution in [1.29, 1.82) is 0 Å². The summed E-state index contributed by atoms with van der Waals surface area (Å²) in [5, 5.41) is 6.32. The fourth-order valence-electron chi connectivity index (χ4n) is 4.51. The highest BCUT2D eigenvalue weighted by molar-refractivity contribution is 7.90. The van der Waals surface area contributed by atoms with Crippen molar-refractivity contribution in [3.8, 4) is 11.1 Å². The second-order valence-corrected chi connectivity index (χ2v) is 13.2. The van der Waals surface area contributed by atoms with E-state index in [-0.39, 0.29) is 16.7 Å². The van der Waals surface area contributed by atoms with E-state index in [0.717, 1.165) is 16.7 Å². The van der Waals surface area contributed by atoms with E-state index >= 15 is 0 Å². The molecule has 0 aliphatic rings. The number of nitrogens with one attached hydrogen (secondary N) is 2. The average Bonchev–Trinajstić information content (AvgIpc) is 3.34. The molecule has 0 aliphatic carbocycles. The number of alkyl carbamates (subject to hydrolysis) is 1. The Labute approximate surface area is 241 Å². The summed E-state index contributed by atoms with van der Waals surface area (Å²) in [6.07, 6.45) is 2.89. The van der Waals surface area contributed by atoms with Crippen molar-refractivity contribution < 1.29 is 22.7 Å². The van der Waals surface area contributed by atoms with Crippen LogP contribution in [0.1, 0.15) is 46.6 Å². The second-order valence-electron chi connectivity index (χ2n) is 11.4. The summed E-state index contributed by atoms with van der Waals surface area (Å²) < 4.78 is 33.1. The summed E-state index contributed by atoms with van der Waals surface area (Å²) in [4.78, 5) is 30.1. The Morgan fingerprint density at radius 3 is 2.37 bits per heavy atom. The van der Waals surface area contributed by atoms with Crippen LogP contribution in [0.15, 0.2) is 78.0 Å². The molecule has 4 rings (SSSR count). The van der Waals surface area contributed by atoms with Crippen LogP contribution in [0.2, 0.25) is 0 Å². The molecule has 0 unspecified atom stereocenters. The molecule has 2 N–H and O–H groups in total. The lowest BCUT2D eigenvalue weighted by molar-refractivity contribution is -0.118. The van der Waals surface area contributed by atoms with Gasteiger partial charge < -0.3 is 15.4 Å². The molecule has 2 amide bonds. The van der Waals surface area contributed by atoms with E-state index in [0.29, 0.717) is 23.1 Å². The van der Waals surface area contributed by atoms with Gasteiger partial charge in [-0.2, -0.15) is 0 Å². The lowest BCUT2D eigenvalue weighted by atomic mass is 10.00. The van der Waals surface area contributed by atoms with Crippen molar-refractivity contribution in [2.75, 3.05) is 5.32 Å². The maximum absolute atomic E-state index is 13.3. The quantitative estimate of drug-likeness (QED) is 0.261. The molecule has 4 aromatic rings. The zero-order valence-corrected chi connectivity index (χ0v) is 25.0. The summed E-state index contributed by atoms with van der Waals surface area (Å²) in [5.41, 5.74) is 2.70. The number of hydrogen-bond acceptors (Lipinski definition) is 6. The highest BCUT2D eigenvalue weighted by Crippen LogP contribution is 2.32. The standard InChI is InChI=1S/C31H36N4O5S/c1-20(2)18-27(34-30(37)40-31(4,5)6)29(36)33-26-13-12-22(19-21(26)3)24-14-16-32-28-25(24)15-17-35(28)41(38,39)23-10-8-7-9-11-23/h7-17,19-20,27H,18H2,1-6H3,(H,33,36)(H,34,37)/t27-/m1/s1. The van der Waals surface area contributed by atoms with E-state index < -0.39 is 27.8 Å². The Kier molecular flexibility index (Phi) is 8.53. The molecule has 2 aromatic carbocycles. The topological polar surface area (TPSA) is 119 Å². The first-order valence-electron chi connectivity index (χ1n) is 13.4. The van der Waals surface area contributed by atoms with E-state index in [1.807, 2.05) is 39.0 Å². The second kappa shape index (κ2) is 11.7. The van der Waals surface area contributed by atoms with E-state index in [1.165, 1.54) is 10.2 Å². The number of carbonyl (C=O) groups is 2. The minimum Gasteiger partial charge on any atom is -0.444 e. The van der Waals surface area contributed by atoms with Gasteiger partial charge in [0.15, 0.2) is 5.65 Å². The number of pyridine rings is 1. The number of nitrogens with zero attached hydrogens (tertiary/aromatic N) is 2. The average molecular weight is 577 g/mol. The van der Waals surface area contributed by atoms with Crippen molar-refractivity contribution in [3.05, 3.63) is 78.6 Å². The number of aryl methyl sites for hydroxylation is 1. The Morgan fingerprint density at radius 2 is 1.73 bits per heavy atom. The third-order valence-electron chi connectivity index (χ3n) is 6.36. The van der Waals surface area contributed by atoms with Crippen LogP contribution in [-0.2, 0) is 19.6 Å². The first kappa shape index (κ1) is 29.8. The lowest BCUT2D eigenvalue weighted by Crippen LogP contribution is -2.46. The minimum absolute atomic E-state index is 0.163. The number of benzene rings is 2. The molecule has 10 heteroatoms. The fourth-order valence-corrected chi connectivity index (χ4v) is 5.83. The van der Waals surface area contributed by atoms with Gasteiger partial charge in [0, 0.05) is 23.5 Å². The van der Waals surface area contributed by atoms with Crippen LogP contribution >= 0.6 is 0 Å². The molecule has 9 nitrogen and oxygen atoms in total. The van der Waals surface area contributed by atoms with Crippen LogP contribution in [0, 0.1) is 12.8 Å².